The molecule has 0 aliphatic rings. The van der Waals surface area contributed by atoms with E-state index in [2.05, 4.69) is 36.2 Å². The number of carbonyl (C=O) groups excluding carboxylic acids is 1. The highest BCUT2D eigenvalue weighted by Crippen LogP contribution is 2.32. The summed E-state index contributed by atoms with van der Waals surface area (Å²) < 4.78 is 18.7. The molecule has 0 spiro atoms. The van der Waals surface area contributed by atoms with Gasteiger partial charge in [0.15, 0.2) is 12.1 Å². The van der Waals surface area contributed by atoms with Crippen LogP contribution in [0.5, 0.6) is 5.75 Å². The molecule has 0 amide bonds. The van der Waals surface area contributed by atoms with Gasteiger partial charge >= 0.3 is 0 Å². The average Bonchev–Trinajstić information content (AvgIpc) is 3.24. The zero-order valence-corrected chi connectivity index (χ0v) is 17.1. The molecule has 3 heterocycles. The number of aromatic amines is 1. The quantitative estimate of drug-likeness (QED) is 0.252. The summed E-state index contributed by atoms with van der Waals surface area (Å²) in [5.41, 5.74) is 12.9. The number of nitrogen functional groups attached to an aromatic ring is 1. The minimum absolute atomic E-state index is 0.108. The van der Waals surface area contributed by atoms with Crippen molar-refractivity contribution in [3.05, 3.63) is 72.2 Å². The highest BCUT2D eigenvalue weighted by atomic mass is 19.1. The SMILES string of the molecule is CN.Nc1ccc(-c2[nH]nc(Nc3cnccn3)c2C=O)cc1OCc1ccc(F)cn1. The summed E-state index contributed by atoms with van der Waals surface area (Å²) >= 11 is 0. The third kappa shape index (κ3) is 5.21. The summed E-state index contributed by atoms with van der Waals surface area (Å²) in [4.78, 5) is 23.8. The monoisotopic (exact) mass is 436 g/mol. The first-order valence-electron chi connectivity index (χ1n) is 9.41. The van der Waals surface area contributed by atoms with E-state index in [1.165, 1.54) is 31.6 Å². The van der Waals surface area contributed by atoms with Gasteiger partial charge in [-0.2, -0.15) is 5.10 Å². The van der Waals surface area contributed by atoms with Gasteiger partial charge in [0.05, 0.1) is 35.0 Å². The number of carbonyl (C=O) groups is 1. The van der Waals surface area contributed by atoms with Gasteiger partial charge in [-0.3, -0.25) is 19.9 Å². The molecule has 0 saturated carbocycles. The third-order valence-electron chi connectivity index (χ3n) is 4.20. The molecular formula is C21H21FN8O2. The molecular weight excluding hydrogens is 415 g/mol. The van der Waals surface area contributed by atoms with Gasteiger partial charge in [-0.05, 0) is 31.3 Å². The predicted molar refractivity (Wildman–Crippen MR) is 118 cm³/mol. The van der Waals surface area contributed by atoms with Crippen LogP contribution < -0.4 is 21.5 Å². The average molecular weight is 436 g/mol. The molecule has 0 bridgehead atoms. The number of benzene rings is 1. The molecule has 0 unspecified atom stereocenters. The standard InChI is InChI=1S/C20H16FN7O2.CH5N/c21-13-2-3-14(25-8-13)11-30-17-7-12(1-4-16(17)22)19-15(10-29)20(28-27-19)26-18-9-23-5-6-24-18;1-2/h1-10H,11,22H2,(H2,24,26,27,28);2H2,1H3. The molecule has 164 valence electrons. The van der Waals surface area contributed by atoms with Crippen molar-refractivity contribution in [2.24, 2.45) is 5.73 Å². The van der Waals surface area contributed by atoms with E-state index in [1.807, 2.05) is 0 Å². The van der Waals surface area contributed by atoms with Crippen LogP contribution in [0.3, 0.4) is 0 Å². The number of nitrogens with one attached hydrogen (secondary N) is 2. The van der Waals surface area contributed by atoms with Crippen LogP contribution in [0.2, 0.25) is 0 Å². The van der Waals surface area contributed by atoms with Gasteiger partial charge in [0.25, 0.3) is 0 Å². The van der Waals surface area contributed by atoms with Crippen molar-refractivity contribution in [1.82, 2.24) is 25.1 Å². The van der Waals surface area contributed by atoms with Crippen molar-refractivity contribution in [2.45, 2.75) is 6.61 Å². The highest BCUT2D eigenvalue weighted by Gasteiger charge is 2.16. The highest BCUT2D eigenvalue weighted by molar-refractivity contribution is 5.93. The van der Waals surface area contributed by atoms with Crippen molar-refractivity contribution < 1.29 is 13.9 Å². The molecule has 32 heavy (non-hydrogen) atoms. The van der Waals surface area contributed by atoms with E-state index in [0.29, 0.717) is 51.9 Å². The van der Waals surface area contributed by atoms with E-state index in [1.54, 1.807) is 24.4 Å². The summed E-state index contributed by atoms with van der Waals surface area (Å²) in [5, 5.41) is 9.95. The maximum absolute atomic E-state index is 13.0. The molecule has 1 aromatic carbocycles. The number of hydrogen-bond acceptors (Lipinski definition) is 9. The Morgan fingerprint density at radius 2 is 2.00 bits per heavy atom. The smallest absolute Gasteiger partial charge is 0.164 e. The van der Waals surface area contributed by atoms with Crippen LogP contribution >= 0.6 is 0 Å². The molecule has 4 rings (SSSR count). The molecule has 0 aliphatic heterocycles. The second kappa shape index (κ2) is 10.6. The molecule has 0 aliphatic carbocycles. The van der Waals surface area contributed by atoms with Gasteiger partial charge in [0.2, 0.25) is 0 Å². The van der Waals surface area contributed by atoms with Crippen LogP contribution in [0.1, 0.15) is 16.1 Å². The van der Waals surface area contributed by atoms with Crippen molar-refractivity contribution in [3.63, 3.8) is 0 Å². The number of pyridine rings is 1. The van der Waals surface area contributed by atoms with Crippen molar-refractivity contribution in [3.8, 4) is 17.0 Å². The van der Waals surface area contributed by atoms with Gasteiger partial charge in [-0.15, -0.1) is 0 Å². The normalized spacial score (nSPS) is 10.1. The Kier molecular flexibility index (Phi) is 7.38. The summed E-state index contributed by atoms with van der Waals surface area (Å²) in [6.07, 6.45) is 6.39. The Labute approximate surface area is 182 Å². The minimum Gasteiger partial charge on any atom is -0.485 e. The fourth-order valence-electron chi connectivity index (χ4n) is 2.72. The van der Waals surface area contributed by atoms with E-state index >= 15 is 0 Å². The van der Waals surface area contributed by atoms with E-state index in [9.17, 15) is 9.18 Å². The van der Waals surface area contributed by atoms with Crippen LogP contribution in [0.25, 0.3) is 11.3 Å². The molecule has 11 heteroatoms. The number of rotatable bonds is 7. The zero-order valence-electron chi connectivity index (χ0n) is 17.1. The van der Waals surface area contributed by atoms with E-state index in [-0.39, 0.29) is 6.61 Å². The summed E-state index contributed by atoms with van der Waals surface area (Å²) in [6, 6.07) is 7.92. The second-order valence-corrected chi connectivity index (χ2v) is 6.20. The first-order chi connectivity index (χ1) is 15.6. The predicted octanol–water partition coefficient (Wildman–Crippen LogP) is 2.69. The fourth-order valence-corrected chi connectivity index (χ4v) is 2.72. The van der Waals surface area contributed by atoms with Crippen LogP contribution in [-0.4, -0.2) is 38.5 Å². The lowest BCUT2D eigenvalue weighted by Crippen LogP contribution is -2.01. The van der Waals surface area contributed by atoms with E-state index in [4.69, 9.17) is 10.5 Å². The minimum atomic E-state index is -0.424. The molecule has 0 radical (unpaired) electrons. The first-order valence-corrected chi connectivity index (χ1v) is 9.41. The molecule has 6 N–H and O–H groups in total. The number of nitrogens with zero attached hydrogens (tertiary/aromatic N) is 4. The second-order valence-electron chi connectivity index (χ2n) is 6.20. The summed E-state index contributed by atoms with van der Waals surface area (Å²) in [5.74, 6) is 0.738. The van der Waals surface area contributed by atoms with Gasteiger partial charge in [0, 0.05) is 18.0 Å². The van der Waals surface area contributed by atoms with Gasteiger partial charge in [-0.25, -0.2) is 9.37 Å². The lowest BCUT2D eigenvalue weighted by Gasteiger charge is -2.10. The third-order valence-corrected chi connectivity index (χ3v) is 4.20. The number of aldehydes is 1. The topological polar surface area (TPSA) is 158 Å². The fraction of sp³-hybridized carbons (Fsp3) is 0.0952. The Morgan fingerprint density at radius 1 is 1.16 bits per heavy atom. The number of halogens is 1. The van der Waals surface area contributed by atoms with Crippen molar-refractivity contribution >= 4 is 23.6 Å². The lowest BCUT2D eigenvalue weighted by molar-refractivity contribution is 0.112. The maximum atomic E-state index is 13.0. The first kappa shape index (κ1) is 22.3. The number of anilines is 3. The Morgan fingerprint density at radius 3 is 2.69 bits per heavy atom. The summed E-state index contributed by atoms with van der Waals surface area (Å²) in [7, 11) is 1.50. The molecule has 0 fully saturated rings. The van der Waals surface area contributed by atoms with Crippen LogP contribution in [0, 0.1) is 5.82 Å². The lowest BCUT2D eigenvalue weighted by atomic mass is 10.1. The number of H-pyrrole nitrogens is 1. The van der Waals surface area contributed by atoms with Gasteiger partial charge in [0.1, 0.15) is 24.0 Å². The number of hydrogen-bond donors (Lipinski definition) is 4. The number of aromatic nitrogens is 5. The summed E-state index contributed by atoms with van der Waals surface area (Å²) in [6.45, 7) is 0.108. The van der Waals surface area contributed by atoms with Crippen LogP contribution in [-0.2, 0) is 6.61 Å². The van der Waals surface area contributed by atoms with Crippen molar-refractivity contribution in [2.75, 3.05) is 18.1 Å². The molecule has 10 nitrogen and oxygen atoms in total. The van der Waals surface area contributed by atoms with E-state index in [0.717, 1.165) is 6.20 Å². The largest absolute Gasteiger partial charge is 0.485 e. The Balaban J connectivity index is 0.00000141. The maximum Gasteiger partial charge on any atom is 0.164 e. The van der Waals surface area contributed by atoms with Gasteiger partial charge < -0.3 is 21.5 Å². The molecule has 4 aromatic rings. The molecule has 0 saturated heterocycles. The molecule has 3 aromatic heterocycles. The number of nitrogens with two attached hydrogens (primary N) is 2. The van der Waals surface area contributed by atoms with Crippen molar-refractivity contribution in [1.29, 1.82) is 0 Å². The molecule has 0 atom stereocenters. The van der Waals surface area contributed by atoms with Gasteiger partial charge in [-0.1, -0.05) is 6.07 Å². The Hall–Kier alpha value is -4.38. The van der Waals surface area contributed by atoms with Crippen LogP contribution in [0.4, 0.5) is 21.7 Å². The Bertz CT molecular complexity index is 1170. The van der Waals surface area contributed by atoms with E-state index < -0.39 is 5.82 Å². The zero-order chi connectivity index (χ0) is 22.9. The number of ether oxygens (including phenoxy) is 1. The van der Waals surface area contributed by atoms with Crippen LogP contribution in [0.15, 0.2) is 55.1 Å².